The average molecular weight is 355 g/mol. The zero-order valence-corrected chi connectivity index (χ0v) is 15.4. The fourth-order valence-corrected chi connectivity index (χ4v) is 2.32. The van der Waals surface area contributed by atoms with Crippen LogP contribution in [0.5, 0.6) is 0 Å². The van der Waals surface area contributed by atoms with Gasteiger partial charge in [0.2, 0.25) is 5.91 Å². The molecule has 1 heterocycles. The van der Waals surface area contributed by atoms with E-state index in [-0.39, 0.29) is 5.91 Å². The normalized spacial score (nSPS) is 12.1. The maximum Gasteiger partial charge on any atom is 0.408 e. The number of nitrogens with one attached hydrogen (secondary N) is 2. The third kappa shape index (κ3) is 6.93. The van der Waals surface area contributed by atoms with E-state index < -0.39 is 17.7 Å². The van der Waals surface area contributed by atoms with Gasteiger partial charge in [-0.05, 0) is 38.0 Å². The van der Waals surface area contributed by atoms with Crippen LogP contribution in [0.2, 0.25) is 0 Å². The molecule has 0 unspecified atom stereocenters. The van der Waals surface area contributed by atoms with Gasteiger partial charge in [-0.3, -0.25) is 9.78 Å². The van der Waals surface area contributed by atoms with E-state index >= 15 is 0 Å². The van der Waals surface area contributed by atoms with E-state index in [9.17, 15) is 9.59 Å². The molecule has 0 saturated carbocycles. The van der Waals surface area contributed by atoms with Gasteiger partial charge in [0.15, 0.2) is 0 Å². The predicted molar refractivity (Wildman–Crippen MR) is 99.4 cm³/mol. The summed E-state index contributed by atoms with van der Waals surface area (Å²) in [6, 6.07) is 12.5. The monoisotopic (exact) mass is 355 g/mol. The molecule has 0 radical (unpaired) electrons. The Labute approximate surface area is 154 Å². The number of aromatic nitrogens is 1. The van der Waals surface area contributed by atoms with Crippen molar-refractivity contribution in [3.63, 3.8) is 0 Å². The Morgan fingerprint density at radius 3 is 2.38 bits per heavy atom. The quantitative estimate of drug-likeness (QED) is 0.835. The Balaban J connectivity index is 2.03. The lowest BCUT2D eigenvalue weighted by Crippen LogP contribution is -2.49. The Hall–Kier alpha value is -2.89. The molecule has 0 saturated heterocycles. The van der Waals surface area contributed by atoms with Gasteiger partial charge in [0.1, 0.15) is 11.6 Å². The number of alkyl carbamates (subject to hydrolysis) is 1. The number of ether oxygens (including phenoxy) is 1. The first-order valence-electron chi connectivity index (χ1n) is 8.53. The molecule has 1 atom stereocenters. The number of rotatable bonds is 6. The fraction of sp³-hybridized carbons (Fsp3) is 0.350. The number of hydrogen-bond donors (Lipinski definition) is 2. The van der Waals surface area contributed by atoms with Crippen LogP contribution in [0, 0.1) is 0 Å². The number of carbonyl (C=O) groups excluding carboxylic acids is 2. The van der Waals surface area contributed by atoms with E-state index in [0.29, 0.717) is 13.0 Å². The van der Waals surface area contributed by atoms with Crippen LogP contribution >= 0.6 is 0 Å². The molecule has 138 valence electrons. The SMILES string of the molecule is CC(C)(C)OC(=O)N[C@@H](Cc1cccnc1)C(=O)NCc1ccccc1. The molecule has 1 aromatic carbocycles. The molecule has 6 heteroatoms. The Morgan fingerprint density at radius 2 is 1.77 bits per heavy atom. The zero-order chi connectivity index (χ0) is 19.0. The predicted octanol–water partition coefficient (Wildman–Crippen LogP) is 2.83. The van der Waals surface area contributed by atoms with Crippen LogP contribution in [0.15, 0.2) is 54.9 Å². The highest BCUT2D eigenvalue weighted by Crippen LogP contribution is 2.08. The maximum absolute atomic E-state index is 12.6. The molecule has 1 aromatic heterocycles. The second kappa shape index (κ2) is 8.99. The summed E-state index contributed by atoms with van der Waals surface area (Å²) >= 11 is 0. The van der Waals surface area contributed by atoms with E-state index in [2.05, 4.69) is 15.6 Å². The second-order valence-corrected chi connectivity index (χ2v) is 6.97. The molecule has 0 bridgehead atoms. The lowest BCUT2D eigenvalue weighted by molar-refractivity contribution is -0.123. The molecule has 26 heavy (non-hydrogen) atoms. The Kier molecular flexibility index (Phi) is 6.72. The lowest BCUT2D eigenvalue weighted by atomic mass is 10.1. The van der Waals surface area contributed by atoms with Crippen molar-refractivity contribution in [2.45, 2.75) is 45.4 Å². The van der Waals surface area contributed by atoms with Gasteiger partial charge >= 0.3 is 6.09 Å². The number of nitrogens with zero attached hydrogens (tertiary/aromatic N) is 1. The highest BCUT2D eigenvalue weighted by molar-refractivity contribution is 5.86. The largest absolute Gasteiger partial charge is 0.444 e. The van der Waals surface area contributed by atoms with Gasteiger partial charge in [0, 0.05) is 25.4 Å². The van der Waals surface area contributed by atoms with Gasteiger partial charge in [-0.2, -0.15) is 0 Å². The third-order valence-corrected chi connectivity index (χ3v) is 3.48. The first kappa shape index (κ1) is 19.4. The van der Waals surface area contributed by atoms with Crippen molar-refractivity contribution in [2.75, 3.05) is 0 Å². The molecule has 0 fully saturated rings. The van der Waals surface area contributed by atoms with Crippen molar-refractivity contribution in [3.05, 3.63) is 66.0 Å². The molecule has 2 aromatic rings. The van der Waals surface area contributed by atoms with Crippen LogP contribution in [0.4, 0.5) is 4.79 Å². The van der Waals surface area contributed by atoms with E-state index in [1.807, 2.05) is 36.4 Å². The number of amides is 2. The molecular formula is C20H25N3O3. The van der Waals surface area contributed by atoms with Crippen LogP contribution < -0.4 is 10.6 Å². The zero-order valence-electron chi connectivity index (χ0n) is 15.4. The van der Waals surface area contributed by atoms with Gasteiger partial charge in [0.05, 0.1) is 0 Å². The standard InChI is InChI=1S/C20H25N3O3/c1-20(2,3)26-19(25)23-17(12-16-10-7-11-21-13-16)18(24)22-14-15-8-5-4-6-9-15/h4-11,13,17H,12,14H2,1-3H3,(H,22,24)(H,23,25)/t17-/m0/s1. The topological polar surface area (TPSA) is 80.3 Å². The number of benzene rings is 1. The van der Waals surface area contributed by atoms with Crippen molar-refractivity contribution in [2.24, 2.45) is 0 Å². The van der Waals surface area contributed by atoms with E-state index in [0.717, 1.165) is 11.1 Å². The van der Waals surface area contributed by atoms with Gasteiger partial charge in [-0.15, -0.1) is 0 Å². The van der Waals surface area contributed by atoms with Gasteiger partial charge in [0.25, 0.3) is 0 Å². The summed E-state index contributed by atoms with van der Waals surface area (Å²) in [4.78, 5) is 28.8. The minimum Gasteiger partial charge on any atom is -0.444 e. The first-order valence-corrected chi connectivity index (χ1v) is 8.53. The molecule has 0 aliphatic carbocycles. The number of hydrogen-bond acceptors (Lipinski definition) is 4. The summed E-state index contributed by atoms with van der Waals surface area (Å²) in [5.74, 6) is -0.274. The second-order valence-electron chi connectivity index (χ2n) is 6.97. The van der Waals surface area contributed by atoms with E-state index in [1.165, 1.54) is 0 Å². The molecule has 2 amide bonds. The summed E-state index contributed by atoms with van der Waals surface area (Å²) in [5, 5.41) is 5.51. The molecule has 6 nitrogen and oxygen atoms in total. The molecule has 0 aliphatic heterocycles. The molecule has 0 spiro atoms. The third-order valence-electron chi connectivity index (χ3n) is 3.48. The summed E-state index contributed by atoms with van der Waals surface area (Å²) in [5.41, 5.74) is 1.20. The summed E-state index contributed by atoms with van der Waals surface area (Å²) < 4.78 is 5.27. The fourth-order valence-electron chi connectivity index (χ4n) is 2.32. The van der Waals surface area contributed by atoms with Gasteiger partial charge in [-0.25, -0.2) is 4.79 Å². The minimum atomic E-state index is -0.752. The van der Waals surface area contributed by atoms with Crippen LogP contribution in [-0.2, 0) is 22.5 Å². The molecule has 0 aliphatic rings. The van der Waals surface area contributed by atoms with E-state index in [4.69, 9.17) is 4.74 Å². The van der Waals surface area contributed by atoms with Crippen molar-refractivity contribution in [3.8, 4) is 0 Å². The Morgan fingerprint density at radius 1 is 1.08 bits per heavy atom. The number of pyridine rings is 1. The first-order chi connectivity index (χ1) is 12.3. The van der Waals surface area contributed by atoms with Crippen LogP contribution in [0.25, 0.3) is 0 Å². The van der Waals surface area contributed by atoms with E-state index in [1.54, 1.807) is 39.2 Å². The maximum atomic E-state index is 12.6. The number of carbonyl (C=O) groups is 2. The highest BCUT2D eigenvalue weighted by Gasteiger charge is 2.24. The van der Waals surface area contributed by atoms with Crippen molar-refractivity contribution < 1.29 is 14.3 Å². The van der Waals surface area contributed by atoms with Crippen molar-refractivity contribution in [1.29, 1.82) is 0 Å². The highest BCUT2D eigenvalue weighted by atomic mass is 16.6. The smallest absolute Gasteiger partial charge is 0.408 e. The molecule has 2 N–H and O–H groups in total. The molecule has 2 rings (SSSR count). The summed E-state index contributed by atoms with van der Waals surface area (Å²) in [6.07, 6.45) is 3.04. The average Bonchev–Trinajstić information content (AvgIpc) is 2.59. The van der Waals surface area contributed by atoms with Crippen molar-refractivity contribution >= 4 is 12.0 Å². The van der Waals surface area contributed by atoms with Gasteiger partial charge in [-0.1, -0.05) is 36.4 Å². The van der Waals surface area contributed by atoms with Crippen LogP contribution in [-0.4, -0.2) is 28.6 Å². The summed E-state index contributed by atoms with van der Waals surface area (Å²) in [6.45, 7) is 5.72. The Bertz CT molecular complexity index is 712. The van der Waals surface area contributed by atoms with Crippen LogP contribution in [0.1, 0.15) is 31.9 Å². The summed E-state index contributed by atoms with van der Waals surface area (Å²) in [7, 11) is 0. The molecular weight excluding hydrogens is 330 g/mol. The minimum absolute atomic E-state index is 0.274. The van der Waals surface area contributed by atoms with Crippen molar-refractivity contribution in [1.82, 2.24) is 15.6 Å². The van der Waals surface area contributed by atoms with Crippen LogP contribution in [0.3, 0.4) is 0 Å². The lowest BCUT2D eigenvalue weighted by Gasteiger charge is -2.23. The van der Waals surface area contributed by atoms with Gasteiger partial charge < -0.3 is 15.4 Å².